The summed E-state index contributed by atoms with van der Waals surface area (Å²) < 4.78 is 30.9. The normalized spacial score (nSPS) is 10.7. The van der Waals surface area contributed by atoms with E-state index in [4.69, 9.17) is 4.74 Å². The van der Waals surface area contributed by atoms with Crippen LogP contribution in [0, 0.1) is 6.92 Å². The van der Waals surface area contributed by atoms with E-state index in [1.54, 1.807) is 19.1 Å². The third-order valence-corrected chi connectivity index (χ3v) is 3.17. The van der Waals surface area contributed by atoms with Crippen LogP contribution in [0.4, 0.5) is 8.78 Å². The molecule has 21 heavy (non-hydrogen) atoms. The van der Waals surface area contributed by atoms with Crippen molar-refractivity contribution >= 4 is 5.97 Å². The van der Waals surface area contributed by atoms with Crippen molar-refractivity contribution in [3.8, 4) is 16.9 Å². The van der Waals surface area contributed by atoms with Gasteiger partial charge in [0.1, 0.15) is 5.75 Å². The second-order valence-electron chi connectivity index (χ2n) is 4.61. The Morgan fingerprint density at radius 2 is 1.86 bits per heavy atom. The van der Waals surface area contributed by atoms with Gasteiger partial charge < -0.3 is 9.84 Å². The molecule has 2 aromatic rings. The van der Waals surface area contributed by atoms with Gasteiger partial charge in [-0.1, -0.05) is 17.7 Å². The lowest BCUT2D eigenvalue weighted by Gasteiger charge is -2.13. The minimum absolute atomic E-state index is 0.0466. The van der Waals surface area contributed by atoms with E-state index in [2.05, 4.69) is 0 Å². The number of methoxy groups -OCH3 is 1. The summed E-state index contributed by atoms with van der Waals surface area (Å²) in [6.07, 6.45) is -2.63. The van der Waals surface area contributed by atoms with E-state index in [0.29, 0.717) is 16.9 Å². The molecule has 110 valence electrons. The second-order valence-corrected chi connectivity index (χ2v) is 4.61. The molecular weight excluding hydrogens is 278 g/mol. The number of halogens is 2. The zero-order valence-corrected chi connectivity index (χ0v) is 11.6. The molecular formula is C16H14F2O3. The van der Waals surface area contributed by atoms with Crippen molar-refractivity contribution in [3.63, 3.8) is 0 Å². The van der Waals surface area contributed by atoms with Gasteiger partial charge >= 0.3 is 5.97 Å². The van der Waals surface area contributed by atoms with Crippen LogP contribution in [0.15, 0.2) is 36.4 Å². The number of rotatable bonds is 4. The highest BCUT2D eigenvalue weighted by atomic mass is 19.3. The molecule has 0 aromatic heterocycles. The summed E-state index contributed by atoms with van der Waals surface area (Å²) >= 11 is 0. The van der Waals surface area contributed by atoms with Crippen LogP contribution >= 0.6 is 0 Å². The quantitative estimate of drug-likeness (QED) is 0.913. The number of carboxylic acid groups (broad SMARTS) is 1. The van der Waals surface area contributed by atoms with Crippen molar-refractivity contribution in [1.29, 1.82) is 0 Å². The SMILES string of the molecule is COc1ccc(C(F)F)cc1-c1cc(C)ccc1C(=O)O. The Morgan fingerprint density at radius 1 is 1.14 bits per heavy atom. The third-order valence-electron chi connectivity index (χ3n) is 3.17. The Morgan fingerprint density at radius 3 is 2.43 bits per heavy atom. The zero-order valence-electron chi connectivity index (χ0n) is 11.6. The van der Waals surface area contributed by atoms with Crippen LogP contribution in [-0.4, -0.2) is 18.2 Å². The Bertz CT molecular complexity index is 681. The molecule has 0 heterocycles. The Hall–Kier alpha value is -2.43. The summed E-state index contributed by atoms with van der Waals surface area (Å²) in [7, 11) is 1.41. The van der Waals surface area contributed by atoms with Gasteiger partial charge in [-0.2, -0.15) is 0 Å². The summed E-state index contributed by atoms with van der Waals surface area (Å²) in [6, 6.07) is 8.73. The highest BCUT2D eigenvalue weighted by Gasteiger charge is 2.18. The first-order valence-corrected chi connectivity index (χ1v) is 6.24. The molecule has 0 bridgehead atoms. The maximum absolute atomic E-state index is 12.9. The van der Waals surface area contributed by atoms with Crippen LogP contribution in [0.1, 0.15) is 27.9 Å². The van der Waals surface area contributed by atoms with E-state index in [0.717, 1.165) is 5.56 Å². The number of alkyl halides is 2. The fourth-order valence-electron chi connectivity index (χ4n) is 2.14. The molecule has 0 radical (unpaired) electrons. The summed E-state index contributed by atoms with van der Waals surface area (Å²) in [4.78, 5) is 11.3. The minimum atomic E-state index is -2.63. The number of ether oxygens (including phenoxy) is 1. The van der Waals surface area contributed by atoms with Gasteiger partial charge in [-0.15, -0.1) is 0 Å². The zero-order chi connectivity index (χ0) is 15.6. The van der Waals surface area contributed by atoms with Gasteiger partial charge in [0.15, 0.2) is 0 Å². The highest BCUT2D eigenvalue weighted by molar-refractivity contribution is 5.97. The lowest BCUT2D eigenvalue weighted by atomic mass is 9.95. The third kappa shape index (κ3) is 3.02. The number of hydrogen-bond donors (Lipinski definition) is 1. The molecule has 0 fully saturated rings. The highest BCUT2D eigenvalue weighted by Crippen LogP contribution is 2.36. The average Bonchev–Trinajstić information content (AvgIpc) is 2.46. The Balaban J connectivity index is 2.73. The van der Waals surface area contributed by atoms with Crippen LogP contribution in [0.3, 0.4) is 0 Å². The molecule has 0 saturated heterocycles. The van der Waals surface area contributed by atoms with E-state index in [-0.39, 0.29) is 11.1 Å². The summed E-state index contributed by atoms with van der Waals surface area (Å²) in [6.45, 7) is 1.80. The molecule has 5 heteroatoms. The van der Waals surface area contributed by atoms with Gasteiger partial charge in [-0.25, -0.2) is 13.6 Å². The van der Waals surface area contributed by atoms with Crippen LogP contribution in [0.2, 0.25) is 0 Å². The largest absolute Gasteiger partial charge is 0.496 e. The Kier molecular flexibility index (Phi) is 4.21. The van der Waals surface area contributed by atoms with Crippen LogP contribution in [0.5, 0.6) is 5.75 Å². The fourth-order valence-corrected chi connectivity index (χ4v) is 2.14. The summed E-state index contributed by atoms with van der Waals surface area (Å²) in [5, 5.41) is 9.27. The molecule has 0 spiro atoms. The van der Waals surface area contributed by atoms with Crippen molar-refractivity contribution in [1.82, 2.24) is 0 Å². The number of aryl methyl sites for hydroxylation is 1. The Labute approximate surface area is 120 Å². The molecule has 0 saturated carbocycles. The van der Waals surface area contributed by atoms with Gasteiger partial charge in [0.2, 0.25) is 0 Å². The standard InChI is InChI=1S/C16H14F2O3/c1-9-3-5-11(16(19)20)12(7-9)13-8-10(15(17)18)4-6-14(13)21-2/h3-8,15H,1-2H3,(H,19,20). The topological polar surface area (TPSA) is 46.5 Å². The van der Waals surface area contributed by atoms with Gasteiger partial charge in [-0.05, 0) is 31.2 Å². The van der Waals surface area contributed by atoms with Crippen molar-refractivity contribution in [2.75, 3.05) is 7.11 Å². The first-order chi connectivity index (χ1) is 9.93. The average molecular weight is 292 g/mol. The molecule has 0 aliphatic heterocycles. The van der Waals surface area contributed by atoms with E-state index in [1.165, 1.54) is 31.4 Å². The smallest absolute Gasteiger partial charge is 0.336 e. The predicted octanol–water partition coefficient (Wildman–Crippen LogP) is 4.31. The minimum Gasteiger partial charge on any atom is -0.496 e. The number of benzene rings is 2. The number of hydrogen-bond acceptors (Lipinski definition) is 2. The molecule has 0 unspecified atom stereocenters. The molecule has 0 aliphatic rings. The van der Waals surface area contributed by atoms with Crippen molar-refractivity contribution < 1.29 is 23.4 Å². The van der Waals surface area contributed by atoms with Crippen molar-refractivity contribution in [3.05, 3.63) is 53.1 Å². The van der Waals surface area contributed by atoms with Crippen LogP contribution < -0.4 is 4.74 Å². The second kappa shape index (κ2) is 5.91. The van der Waals surface area contributed by atoms with Gasteiger partial charge in [0, 0.05) is 16.7 Å². The first-order valence-electron chi connectivity index (χ1n) is 6.24. The van der Waals surface area contributed by atoms with Gasteiger partial charge in [0.25, 0.3) is 6.43 Å². The van der Waals surface area contributed by atoms with Crippen LogP contribution in [-0.2, 0) is 0 Å². The summed E-state index contributed by atoms with van der Waals surface area (Å²) in [5.41, 5.74) is 1.41. The number of aromatic carboxylic acids is 1. The van der Waals surface area contributed by atoms with Crippen LogP contribution in [0.25, 0.3) is 11.1 Å². The molecule has 1 N–H and O–H groups in total. The fraction of sp³-hybridized carbons (Fsp3) is 0.188. The molecule has 0 aliphatic carbocycles. The molecule has 0 amide bonds. The maximum Gasteiger partial charge on any atom is 0.336 e. The number of carbonyl (C=O) groups is 1. The molecule has 2 aromatic carbocycles. The van der Waals surface area contributed by atoms with Gasteiger partial charge in [-0.3, -0.25) is 0 Å². The lowest BCUT2D eigenvalue weighted by molar-refractivity contribution is 0.0697. The van der Waals surface area contributed by atoms with Crippen molar-refractivity contribution in [2.45, 2.75) is 13.3 Å². The molecule has 2 rings (SSSR count). The van der Waals surface area contributed by atoms with Gasteiger partial charge in [0.05, 0.1) is 12.7 Å². The summed E-state index contributed by atoms with van der Waals surface area (Å²) in [5.74, 6) is -0.762. The number of carboxylic acids is 1. The molecule has 3 nitrogen and oxygen atoms in total. The monoisotopic (exact) mass is 292 g/mol. The molecule has 0 atom stereocenters. The van der Waals surface area contributed by atoms with E-state index in [9.17, 15) is 18.7 Å². The van der Waals surface area contributed by atoms with E-state index >= 15 is 0 Å². The van der Waals surface area contributed by atoms with Crippen molar-refractivity contribution in [2.24, 2.45) is 0 Å². The predicted molar refractivity (Wildman–Crippen MR) is 75.1 cm³/mol. The maximum atomic E-state index is 12.9. The first kappa shape index (κ1) is 15.0. The van der Waals surface area contributed by atoms with E-state index in [1.807, 2.05) is 0 Å². The van der Waals surface area contributed by atoms with E-state index < -0.39 is 12.4 Å². The lowest BCUT2D eigenvalue weighted by Crippen LogP contribution is -2.01.